The van der Waals surface area contributed by atoms with Crippen molar-refractivity contribution in [2.75, 3.05) is 110 Å². The Balaban J connectivity index is 0.000000223. The van der Waals surface area contributed by atoms with Gasteiger partial charge in [0.15, 0.2) is 0 Å². The van der Waals surface area contributed by atoms with Crippen molar-refractivity contribution in [1.29, 1.82) is 0 Å². The van der Waals surface area contributed by atoms with Gasteiger partial charge in [0.2, 0.25) is 0 Å². The summed E-state index contributed by atoms with van der Waals surface area (Å²) < 4.78 is 27.0. The quantitative estimate of drug-likeness (QED) is 0.255. The first kappa shape index (κ1) is 50.8. The second-order valence-electron chi connectivity index (χ2n) is 15.8. The van der Waals surface area contributed by atoms with Crippen molar-refractivity contribution in [2.24, 2.45) is 0 Å². The Morgan fingerprint density at radius 3 is 1.27 bits per heavy atom. The van der Waals surface area contributed by atoms with Crippen molar-refractivity contribution in [1.82, 2.24) is 20.4 Å². The maximum Gasteiger partial charge on any atom is 0.410 e. The molecular formula is C43H62BrCl3N6O7. The minimum absolute atomic E-state index is 0.200. The third-order valence-corrected chi connectivity index (χ3v) is 10.4. The van der Waals surface area contributed by atoms with E-state index in [-0.39, 0.29) is 17.8 Å². The van der Waals surface area contributed by atoms with Gasteiger partial charge in [-0.3, -0.25) is 0 Å². The maximum atomic E-state index is 12.0. The topological polar surface area (TPSA) is 117 Å². The van der Waals surface area contributed by atoms with E-state index in [9.17, 15) is 9.59 Å². The van der Waals surface area contributed by atoms with Crippen LogP contribution in [-0.2, 0) is 9.47 Å². The highest BCUT2D eigenvalue weighted by Gasteiger charge is 2.26. The Kier molecular flexibility index (Phi) is 21.0. The minimum Gasteiger partial charge on any atom is -0.495 e. The second kappa shape index (κ2) is 24.8. The van der Waals surface area contributed by atoms with Gasteiger partial charge in [-0.2, -0.15) is 0 Å². The number of carbonyl (C=O) groups is 2. The van der Waals surface area contributed by atoms with Crippen molar-refractivity contribution >= 4 is 74.3 Å². The Bertz CT molecular complexity index is 1790. The van der Waals surface area contributed by atoms with Crippen LogP contribution in [0.1, 0.15) is 41.5 Å². The molecule has 334 valence electrons. The zero-order valence-electron chi connectivity index (χ0n) is 36.3. The smallest absolute Gasteiger partial charge is 0.410 e. The molecule has 2 N–H and O–H groups in total. The number of rotatable bonds is 5. The standard InChI is InChI=1S/C16H23ClN2O3.C11H15ClN2O.C9H18N2O2.C7H6BrClO/c1-16(2,3)22-15(20)19-9-7-18(8-10-19)12-5-6-13(17)14(11-12)21-4;1-15-11-8-9(2-3-10(11)12)14-6-4-13-5-7-14;1-9(2,3)13-8(12)11-6-4-10-5-7-11;1-10-7-4-5(8)2-3-6(7)9/h5-6,11H,7-10H2,1-4H3;2-3,8,13H,4-7H2,1H3;10H,4-7H2,1-3H3;2-4H,1H3. The van der Waals surface area contributed by atoms with Crippen LogP contribution < -0.4 is 34.6 Å². The molecule has 0 spiro atoms. The summed E-state index contributed by atoms with van der Waals surface area (Å²) in [5, 5.41) is 8.40. The number of hydrogen-bond donors (Lipinski definition) is 2. The first-order valence-electron chi connectivity index (χ1n) is 19.9. The molecule has 0 aliphatic carbocycles. The molecule has 3 aromatic carbocycles. The number of benzene rings is 3. The number of piperazine rings is 3. The highest BCUT2D eigenvalue weighted by Crippen LogP contribution is 2.31. The van der Waals surface area contributed by atoms with E-state index < -0.39 is 5.60 Å². The Hall–Kier alpha value is -3.53. The van der Waals surface area contributed by atoms with Crippen LogP contribution in [0.2, 0.25) is 15.1 Å². The molecule has 3 aliphatic heterocycles. The number of ether oxygens (including phenoxy) is 5. The Labute approximate surface area is 379 Å². The molecule has 3 heterocycles. The molecule has 3 aromatic rings. The lowest BCUT2D eigenvalue weighted by Crippen LogP contribution is -2.50. The number of nitrogens with zero attached hydrogens (tertiary/aromatic N) is 4. The molecule has 3 saturated heterocycles. The highest BCUT2D eigenvalue weighted by atomic mass is 79.9. The average molecular weight is 961 g/mol. The van der Waals surface area contributed by atoms with Gasteiger partial charge in [0.1, 0.15) is 28.5 Å². The molecule has 2 amide bonds. The van der Waals surface area contributed by atoms with Gasteiger partial charge in [0, 0.05) is 107 Å². The first-order valence-corrected chi connectivity index (χ1v) is 21.8. The second-order valence-corrected chi connectivity index (χ2v) is 18.0. The van der Waals surface area contributed by atoms with Crippen molar-refractivity contribution in [3.05, 3.63) is 74.1 Å². The fraction of sp³-hybridized carbons (Fsp3) is 0.535. The van der Waals surface area contributed by atoms with E-state index in [1.54, 1.807) is 37.2 Å². The monoisotopic (exact) mass is 958 g/mol. The molecule has 17 heteroatoms. The summed E-state index contributed by atoms with van der Waals surface area (Å²) in [6.45, 7) is 21.4. The molecule has 0 unspecified atom stereocenters. The van der Waals surface area contributed by atoms with Crippen LogP contribution in [0.15, 0.2) is 59.1 Å². The lowest BCUT2D eigenvalue weighted by atomic mass is 10.2. The molecule has 60 heavy (non-hydrogen) atoms. The molecule has 0 bridgehead atoms. The fourth-order valence-corrected chi connectivity index (χ4v) is 6.82. The highest BCUT2D eigenvalue weighted by molar-refractivity contribution is 9.10. The number of anilines is 2. The summed E-state index contributed by atoms with van der Waals surface area (Å²) >= 11 is 21.1. The third-order valence-electron chi connectivity index (χ3n) is 8.93. The summed E-state index contributed by atoms with van der Waals surface area (Å²) in [6.07, 6.45) is -0.449. The van der Waals surface area contributed by atoms with E-state index in [2.05, 4.69) is 36.4 Å². The van der Waals surface area contributed by atoms with Gasteiger partial charge in [-0.15, -0.1) is 0 Å². The van der Waals surface area contributed by atoms with E-state index in [0.29, 0.717) is 39.7 Å². The molecule has 0 aromatic heterocycles. The summed E-state index contributed by atoms with van der Waals surface area (Å²) in [7, 11) is 4.84. The molecule has 0 saturated carbocycles. The summed E-state index contributed by atoms with van der Waals surface area (Å²) in [5.41, 5.74) is 1.38. The van der Waals surface area contributed by atoms with E-state index in [0.717, 1.165) is 81.4 Å². The van der Waals surface area contributed by atoms with Crippen LogP contribution in [-0.4, -0.2) is 133 Å². The molecule has 3 fully saturated rings. The molecule has 6 rings (SSSR count). The van der Waals surface area contributed by atoms with E-state index in [1.165, 1.54) is 5.69 Å². The van der Waals surface area contributed by atoms with Crippen LogP contribution >= 0.6 is 50.7 Å². The predicted molar refractivity (Wildman–Crippen MR) is 247 cm³/mol. The number of amides is 2. The summed E-state index contributed by atoms with van der Waals surface area (Å²) in [6, 6.07) is 17.1. The zero-order valence-corrected chi connectivity index (χ0v) is 40.2. The van der Waals surface area contributed by atoms with Gasteiger partial charge in [-0.05, 0) is 84.0 Å². The number of halogens is 4. The predicted octanol–water partition coefficient (Wildman–Crippen LogP) is 9.10. The fourth-order valence-electron chi connectivity index (χ4n) is 5.89. The summed E-state index contributed by atoms with van der Waals surface area (Å²) in [5.74, 6) is 2.09. The number of methoxy groups -OCH3 is 3. The molecular weight excluding hydrogens is 899 g/mol. The van der Waals surface area contributed by atoms with Crippen LogP contribution in [0, 0.1) is 0 Å². The summed E-state index contributed by atoms with van der Waals surface area (Å²) in [4.78, 5) is 31.6. The lowest BCUT2D eigenvalue weighted by molar-refractivity contribution is 0.0223. The lowest BCUT2D eigenvalue weighted by Gasteiger charge is -2.36. The number of carbonyl (C=O) groups excluding carboxylic acids is 2. The molecule has 0 radical (unpaired) electrons. The maximum absolute atomic E-state index is 12.0. The van der Waals surface area contributed by atoms with E-state index in [1.807, 2.05) is 90.1 Å². The molecule has 13 nitrogen and oxygen atoms in total. The van der Waals surface area contributed by atoms with Crippen molar-refractivity contribution < 1.29 is 33.3 Å². The Morgan fingerprint density at radius 1 is 0.533 bits per heavy atom. The normalized spacial score (nSPS) is 15.5. The molecule has 3 aliphatic rings. The van der Waals surface area contributed by atoms with E-state index >= 15 is 0 Å². The van der Waals surface area contributed by atoms with Gasteiger partial charge < -0.3 is 53.9 Å². The van der Waals surface area contributed by atoms with Gasteiger partial charge in [-0.1, -0.05) is 50.7 Å². The van der Waals surface area contributed by atoms with Crippen molar-refractivity contribution in [2.45, 2.75) is 52.7 Å². The largest absolute Gasteiger partial charge is 0.495 e. The van der Waals surface area contributed by atoms with Gasteiger partial charge in [0.25, 0.3) is 0 Å². The van der Waals surface area contributed by atoms with Crippen LogP contribution in [0.4, 0.5) is 21.0 Å². The average Bonchev–Trinajstić information content (AvgIpc) is 3.22. The first-order chi connectivity index (χ1) is 28.3. The van der Waals surface area contributed by atoms with Gasteiger partial charge in [-0.25, -0.2) is 9.59 Å². The van der Waals surface area contributed by atoms with Crippen LogP contribution in [0.3, 0.4) is 0 Å². The molecule has 0 atom stereocenters. The zero-order chi connectivity index (χ0) is 44.5. The SMILES string of the molecule is CC(C)(C)OC(=O)N1CCNCC1.COc1cc(Br)ccc1Cl.COc1cc(N2CCN(C(=O)OC(C)(C)C)CC2)ccc1Cl.COc1cc(N2CCNCC2)ccc1Cl. The van der Waals surface area contributed by atoms with Crippen molar-refractivity contribution in [3.63, 3.8) is 0 Å². The van der Waals surface area contributed by atoms with Gasteiger partial charge in [0.05, 0.1) is 36.4 Å². The van der Waals surface area contributed by atoms with Crippen molar-refractivity contribution in [3.8, 4) is 17.2 Å². The van der Waals surface area contributed by atoms with Gasteiger partial charge >= 0.3 is 12.2 Å². The number of hydrogen-bond acceptors (Lipinski definition) is 11. The minimum atomic E-state index is -0.461. The van der Waals surface area contributed by atoms with Crippen LogP contribution in [0.25, 0.3) is 0 Å². The third kappa shape index (κ3) is 17.8. The Morgan fingerprint density at radius 2 is 0.883 bits per heavy atom. The number of nitrogens with one attached hydrogen (secondary N) is 2. The van der Waals surface area contributed by atoms with Crippen LogP contribution in [0.5, 0.6) is 17.2 Å². The van der Waals surface area contributed by atoms with E-state index in [4.69, 9.17) is 58.5 Å².